The number of imide groups is 1. The molecular weight excluding hydrogens is 285 g/mol. The highest BCUT2D eigenvalue weighted by Gasteiger charge is 2.25. The lowest BCUT2D eigenvalue weighted by Gasteiger charge is -2.19. The van der Waals surface area contributed by atoms with Crippen LogP contribution in [-0.4, -0.2) is 24.5 Å². The summed E-state index contributed by atoms with van der Waals surface area (Å²) in [5.74, 6) is -0.329. The molecule has 4 N–H and O–H groups in total. The lowest BCUT2D eigenvalue weighted by atomic mass is 9.96. The predicted octanol–water partition coefficient (Wildman–Crippen LogP) is 1.07. The third-order valence-electron chi connectivity index (χ3n) is 3.70. The number of halogens is 1. The Morgan fingerprint density at radius 3 is 2.45 bits per heavy atom. The molecule has 3 amide bonds. The van der Waals surface area contributed by atoms with Gasteiger partial charge in [-0.1, -0.05) is 26.0 Å². The number of carbonyl (C=O) groups is 2. The van der Waals surface area contributed by atoms with Crippen LogP contribution in [0.2, 0.25) is 0 Å². The monoisotopic (exact) mass is 308 g/mol. The van der Waals surface area contributed by atoms with E-state index in [0.717, 1.165) is 18.4 Å². The summed E-state index contributed by atoms with van der Waals surface area (Å²) in [4.78, 5) is 23.3. The lowest BCUT2D eigenvalue weighted by molar-refractivity contribution is -0.692. The number of nitrogens with one attached hydrogen (secondary N) is 2. The predicted molar refractivity (Wildman–Crippen MR) is 80.5 cm³/mol. The topological polar surface area (TPSA) is 74.8 Å². The van der Waals surface area contributed by atoms with Gasteiger partial charge in [0.1, 0.15) is 11.9 Å². The molecule has 6 heteroatoms. The second-order valence-electron chi connectivity index (χ2n) is 6.06. The first-order valence-corrected chi connectivity index (χ1v) is 7.65. The molecule has 0 spiro atoms. The van der Waals surface area contributed by atoms with Crippen LogP contribution in [0.3, 0.4) is 0 Å². The molecule has 120 valence electrons. The first-order valence-electron chi connectivity index (χ1n) is 7.65. The second-order valence-corrected chi connectivity index (χ2v) is 6.06. The maximum Gasteiger partial charge on any atom is 0.321 e. The molecule has 1 atom stereocenters. The fourth-order valence-electron chi connectivity index (χ4n) is 2.34. The van der Waals surface area contributed by atoms with Crippen LogP contribution in [0.4, 0.5) is 9.18 Å². The minimum absolute atomic E-state index is 0.0397. The van der Waals surface area contributed by atoms with Crippen molar-refractivity contribution in [3.05, 3.63) is 35.6 Å². The number of quaternary nitrogens is 1. The minimum Gasteiger partial charge on any atom is -0.335 e. The third kappa shape index (κ3) is 5.11. The molecule has 0 aliphatic heterocycles. The Kier molecular flexibility index (Phi) is 5.49. The van der Waals surface area contributed by atoms with Crippen LogP contribution in [0.15, 0.2) is 24.3 Å². The van der Waals surface area contributed by atoms with Crippen LogP contribution < -0.4 is 16.0 Å². The molecule has 0 saturated heterocycles. The average Bonchev–Trinajstić information content (AvgIpc) is 3.24. The maximum absolute atomic E-state index is 13.0. The van der Waals surface area contributed by atoms with Crippen molar-refractivity contribution in [1.82, 2.24) is 10.6 Å². The van der Waals surface area contributed by atoms with Crippen LogP contribution in [0.5, 0.6) is 0 Å². The van der Waals surface area contributed by atoms with E-state index in [-0.39, 0.29) is 36.3 Å². The van der Waals surface area contributed by atoms with Gasteiger partial charge in [0, 0.05) is 17.5 Å². The number of rotatable bonds is 6. The van der Waals surface area contributed by atoms with Crippen LogP contribution in [0.25, 0.3) is 0 Å². The van der Waals surface area contributed by atoms with E-state index in [1.165, 1.54) is 12.1 Å². The molecule has 0 radical (unpaired) electrons. The molecular formula is C16H23FN3O2+. The Morgan fingerprint density at radius 1 is 1.27 bits per heavy atom. The van der Waals surface area contributed by atoms with Crippen LogP contribution >= 0.6 is 0 Å². The fourth-order valence-corrected chi connectivity index (χ4v) is 2.34. The molecule has 0 unspecified atom stereocenters. The molecule has 2 rings (SSSR count). The van der Waals surface area contributed by atoms with Crippen molar-refractivity contribution in [3.8, 4) is 0 Å². The molecule has 1 aromatic carbocycles. The Morgan fingerprint density at radius 2 is 1.91 bits per heavy atom. The van der Waals surface area contributed by atoms with Crippen LogP contribution in [0, 0.1) is 11.7 Å². The van der Waals surface area contributed by atoms with Crippen molar-refractivity contribution in [3.63, 3.8) is 0 Å². The minimum atomic E-state index is -0.427. The molecule has 0 aromatic heterocycles. The summed E-state index contributed by atoms with van der Waals surface area (Å²) in [6.07, 6.45) is 1.96. The molecule has 0 bridgehead atoms. The van der Waals surface area contributed by atoms with Gasteiger partial charge in [-0.2, -0.15) is 0 Å². The van der Waals surface area contributed by atoms with Crippen molar-refractivity contribution in [2.24, 2.45) is 5.92 Å². The van der Waals surface area contributed by atoms with Crippen molar-refractivity contribution in [1.29, 1.82) is 0 Å². The van der Waals surface area contributed by atoms with E-state index in [9.17, 15) is 14.0 Å². The SMILES string of the molecule is CC(C)[C@@H]([NH2+]CC(=O)NC(=O)NC1CC1)c1ccc(F)cc1. The second kappa shape index (κ2) is 7.35. The van der Waals surface area contributed by atoms with Crippen molar-refractivity contribution in [2.45, 2.75) is 38.8 Å². The molecule has 1 fully saturated rings. The van der Waals surface area contributed by atoms with E-state index in [1.807, 2.05) is 19.2 Å². The van der Waals surface area contributed by atoms with Gasteiger partial charge in [0.25, 0.3) is 5.91 Å². The fraction of sp³-hybridized carbons (Fsp3) is 0.500. The summed E-state index contributed by atoms with van der Waals surface area (Å²) in [6, 6.07) is 6.13. The Hall–Kier alpha value is -1.95. The van der Waals surface area contributed by atoms with Gasteiger partial charge in [-0.3, -0.25) is 10.1 Å². The molecule has 1 aliphatic carbocycles. The number of carbonyl (C=O) groups excluding carboxylic acids is 2. The zero-order chi connectivity index (χ0) is 16.1. The first kappa shape index (κ1) is 16.4. The zero-order valence-corrected chi connectivity index (χ0v) is 12.9. The van der Waals surface area contributed by atoms with Crippen molar-refractivity contribution < 1.29 is 19.3 Å². The van der Waals surface area contributed by atoms with Crippen molar-refractivity contribution >= 4 is 11.9 Å². The number of hydrogen-bond acceptors (Lipinski definition) is 2. The van der Waals surface area contributed by atoms with E-state index in [4.69, 9.17) is 0 Å². The van der Waals surface area contributed by atoms with Gasteiger partial charge in [0.05, 0.1) is 0 Å². The van der Waals surface area contributed by atoms with Crippen LogP contribution in [-0.2, 0) is 4.79 Å². The molecule has 22 heavy (non-hydrogen) atoms. The van der Waals surface area contributed by atoms with E-state index >= 15 is 0 Å². The van der Waals surface area contributed by atoms with Gasteiger partial charge in [0.15, 0.2) is 6.54 Å². The summed E-state index contributed by atoms with van der Waals surface area (Å²) < 4.78 is 13.0. The number of hydrogen-bond donors (Lipinski definition) is 3. The van der Waals surface area contributed by atoms with Gasteiger partial charge in [0.2, 0.25) is 0 Å². The standard InChI is InChI=1S/C16H22FN3O2/c1-10(2)15(11-3-5-12(17)6-4-11)18-9-14(21)20-16(22)19-13-7-8-13/h3-6,10,13,15,18H,7-9H2,1-2H3,(H2,19,20,21,22)/p+1/t15-/m1/s1. The van der Waals surface area contributed by atoms with Gasteiger partial charge >= 0.3 is 6.03 Å². The zero-order valence-electron chi connectivity index (χ0n) is 12.9. The largest absolute Gasteiger partial charge is 0.335 e. The smallest absolute Gasteiger partial charge is 0.321 e. The Bertz CT molecular complexity index is 527. The number of amides is 3. The van der Waals surface area contributed by atoms with Gasteiger partial charge in [-0.15, -0.1) is 0 Å². The van der Waals surface area contributed by atoms with E-state index in [1.54, 1.807) is 12.1 Å². The van der Waals surface area contributed by atoms with Gasteiger partial charge in [-0.05, 0) is 25.0 Å². The summed E-state index contributed by atoms with van der Waals surface area (Å²) >= 11 is 0. The Balaban J connectivity index is 1.84. The average molecular weight is 308 g/mol. The Labute approximate surface area is 129 Å². The summed E-state index contributed by atoms with van der Waals surface area (Å²) in [6.45, 7) is 4.24. The highest BCUT2D eigenvalue weighted by atomic mass is 19.1. The molecule has 1 aliphatic rings. The normalized spacial score (nSPS) is 15.5. The van der Waals surface area contributed by atoms with Crippen molar-refractivity contribution in [2.75, 3.05) is 6.54 Å². The highest BCUT2D eigenvalue weighted by molar-refractivity contribution is 5.94. The molecule has 1 aromatic rings. The van der Waals surface area contributed by atoms with Gasteiger partial charge in [-0.25, -0.2) is 9.18 Å². The van der Waals surface area contributed by atoms with Gasteiger partial charge < -0.3 is 10.6 Å². The summed E-state index contributed by atoms with van der Waals surface area (Å²) in [5, 5.41) is 6.91. The highest BCUT2D eigenvalue weighted by Crippen LogP contribution is 2.18. The van der Waals surface area contributed by atoms with Crippen LogP contribution in [0.1, 0.15) is 38.3 Å². The molecule has 0 heterocycles. The summed E-state index contributed by atoms with van der Waals surface area (Å²) in [5.41, 5.74) is 0.964. The number of benzene rings is 1. The number of nitrogens with two attached hydrogens (primary N) is 1. The van der Waals surface area contributed by atoms with E-state index in [2.05, 4.69) is 10.6 Å². The first-order chi connectivity index (χ1) is 10.5. The lowest BCUT2D eigenvalue weighted by Crippen LogP contribution is -2.88. The maximum atomic E-state index is 13.0. The summed E-state index contributed by atoms with van der Waals surface area (Å²) in [7, 11) is 0. The molecule has 5 nitrogen and oxygen atoms in total. The van der Waals surface area contributed by atoms with E-state index in [0.29, 0.717) is 0 Å². The van der Waals surface area contributed by atoms with E-state index < -0.39 is 6.03 Å². The number of urea groups is 1. The quantitative estimate of drug-likeness (QED) is 0.735. The molecule has 1 saturated carbocycles. The third-order valence-corrected chi connectivity index (χ3v) is 3.70.